The van der Waals surface area contributed by atoms with Gasteiger partial charge in [-0.1, -0.05) is 30.3 Å². The lowest BCUT2D eigenvalue weighted by Crippen LogP contribution is -2.35. The van der Waals surface area contributed by atoms with Crippen molar-refractivity contribution in [1.29, 1.82) is 0 Å². The number of aromatic amines is 1. The number of hydrogen-bond donors (Lipinski definition) is 2. The smallest absolute Gasteiger partial charge is 0.329 e. The molecular weight excluding hydrogens is 314 g/mol. The first-order valence-electron chi connectivity index (χ1n) is 7.16. The molecule has 0 radical (unpaired) electrons. The number of amides is 1. The Morgan fingerprint density at radius 2 is 1.96 bits per heavy atom. The number of H-pyrrole nitrogens is 1. The van der Waals surface area contributed by atoms with Crippen LogP contribution in [-0.4, -0.2) is 15.5 Å². The second kappa shape index (κ2) is 6.21. The topological polar surface area (TPSA) is 97.9 Å². The van der Waals surface area contributed by atoms with Crippen LogP contribution in [0.15, 0.2) is 45.3 Å². The van der Waals surface area contributed by atoms with Crippen molar-refractivity contribution in [3.63, 3.8) is 0 Å². The number of nitrogens with zero attached hydrogens (tertiary/aromatic N) is 1. The molecule has 0 fully saturated rings. The van der Waals surface area contributed by atoms with Gasteiger partial charge in [-0.2, -0.15) is 0 Å². The number of benzene rings is 1. The van der Waals surface area contributed by atoms with Gasteiger partial charge in [-0.05, 0) is 12.0 Å². The van der Waals surface area contributed by atoms with Crippen molar-refractivity contribution in [3.8, 4) is 11.1 Å². The number of aromatic nitrogens is 2. The van der Waals surface area contributed by atoms with Crippen molar-refractivity contribution in [2.75, 3.05) is 0 Å². The number of nitrogens with one attached hydrogen (secondary N) is 1. The summed E-state index contributed by atoms with van der Waals surface area (Å²) in [7, 11) is 0. The lowest BCUT2D eigenvalue weighted by Gasteiger charge is -2.05. The molecule has 0 aliphatic rings. The van der Waals surface area contributed by atoms with Gasteiger partial charge in [-0.3, -0.25) is 19.1 Å². The second-order valence-electron chi connectivity index (χ2n) is 5.18. The van der Waals surface area contributed by atoms with E-state index in [0.29, 0.717) is 16.6 Å². The van der Waals surface area contributed by atoms with Crippen molar-refractivity contribution in [1.82, 2.24) is 9.55 Å². The van der Waals surface area contributed by atoms with E-state index in [0.717, 1.165) is 15.7 Å². The molecule has 0 aliphatic carbocycles. The van der Waals surface area contributed by atoms with E-state index in [-0.39, 0.29) is 18.5 Å². The van der Waals surface area contributed by atoms with Crippen LogP contribution < -0.4 is 17.0 Å². The van der Waals surface area contributed by atoms with E-state index in [1.165, 1.54) is 11.3 Å². The zero-order chi connectivity index (χ0) is 16.4. The number of nitrogens with two attached hydrogens (primary N) is 1. The van der Waals surface area contributed by atoms with Gasteiger partial charge >= 0.3 is 5.69 Å². The fraction of sp³-hybridized carbons (Fsp3) is 0.188. The Balaban J connectivity index is 2.11. The number of hydrogen-bond acceptors (Lipinski definition) is 4. The highest BCUT2D eigenvalue weighted by Crippen LogP contribution is 2.29. The minimum atomic E-state index is -0.464. The molecule has 1 aromatic carbocycles. The molecule has 23 heavy (non-hydrogen) atoms. The molecule has 0 saturated carbocycles. The maximum Gasteiger partial charge on any atom is 0.329 e. The molecule has 2 aromatic heterocycles. The molecular formula is C16H15N3O3S. The third kappa shape index (κ3) is 2.95. The average molecular weight is 329 g/mol. The minimum Gasteiger partial charge on any atom is -0.370 e. The largest absolute Gasteiger partial charge is 0.370 e. The first-order chi connectivity index (χ1) is 11.1. The summed E-state index contributed by atoms with van der Waals surface area (Å²) >= 11 is 1.33. The van der Waals surface area contributed by atoms with Crippen molar-refractivity contribution in [2.45, 2.75) is 19.4 Å². The molecule has 118 valence electrons. The fourth-order valence-corrected chi connectivity index (χ4v) is 3.45. The standard InChI is InChI=1S/C16H15N3O3S/c17-12(20)7-4-8-19-15(21)13-11(10-5-2-1-3-6-10)9-23-14(13)18-16(19)22/h1-3,5-6,9H,4,7-8H2,(H2,17,20)(H,18,22). The monoisotopic (exact) mass is 329 g/mol. The van der Waals surface area contributed by atoms with E-state index in [1.807, 2.05) is 35.7 Å². The third-order valence-electron chi connectivity index (χ3n) is 3.61. The number of rotatable bonds is 5. The van der Waals surface area contributed by atoms with Crippen LogP contribution in [0.1, 0.15) is 12.8 Å². The van der Waals surface area contributed by atoms with Gasteiger partial charge in [0.1, 0.15) is 4.83 Å². The minimum absolute atomic E-state index is 0.138. The maximum absolute atomic E-state index is 12.7. The van der Waals surface area contributed by atoms with Gasteiger partial charge in [-0.25, -0.2) is 4.79 Å². The summed E-state index contributed by atoms with van der Waals surface area (Å²) in [5.74, 6) is -0.448. The average Bonchev–Trinajstić information content (AvgIpc) is 2.95. The number of carbonyl (C=O) groups is 1. The van der Waals surface area contributed by atoms with Crippen LogP contribution in [0.2, 0.25) is 0 Å². The molecule has 0 bridgehead atoms. The van der Waals surface area contributed by atoms with Crippen molar-refractivity contribution >= 4 is 27.5 Å². The Labute approximate surface area is 135 Å². The van der Waals surface area contributed by atoms with Crippen molar-refractivity contribution < 1.29 is 4.79 Å². The molecule has 1 amide bonds. The number of primary amides is 1. The van der Waals surface area contributed by atoms with Crippen LogP contribution in [0.25, 0.3) is 21.3 Å². The molecule has 2 heterocycles. The first kappa shape index (κ1) is 15.2. The normalized spacial score (nSPS) is 11.0. The highest BCUT2D eigenvalue weighted by atomic mass is 32.1. The van der Waals surface area contributed by atoms with Gasteiger partial charge in [0.15, 0.2) is 0 Å². The lowest BCUT2D eigenvalue weighted by atomic mass is 10.1. The predicted octanol–water partition coefficient (Wildman–Crippen LogP) is 1.68. The summed E-state index contributed by atoms with van der Waals surface area (Å²) in [5.41, 5.74) is 6.02. The van der Waals surface area contributed by atoms with Crippen molar-refractivity contribution in [3.05, 3.63) is 56.5 Å². The van der Waals surface area contributed by atoms with Crippen molar-refractivity contribution in [2.24, 2.45) is 5.73 Å². The predicted molar refractivity (Wildman–Crippen MR) is 90.6 cm³/mol. The molecule has 0 saturated heterocycles. The molecule has 3 rings (SSSR count). The van der Waals surface area contributed by atoms with Crippen LogP contribution >= 0.6 is 11.3 Å². The van der Waals surface area contributed by atoms with Gasteiger partial charge < -0.3 is 5.73 Å². The summed E-state index contributed by atoms with van der Waals surface area (Å²) in [6.45, 7) is 0.164. The summed E-state index contributed by atoms with van der Waals surface area (Å²) in [4.78, 5) is 38.9. The van der Waals surface area contributed by atoms with Gasteiger partial charge in [0.2, 0.25) is 5.91 Å². The van der Waals surface area contributed by atoms with Crippen LogP contribution in [0, 0.1) is 0 Å². The molecule has 0 unspecified atom stereocenters. The van der Waals surface area contributed by atoms with E-state index in [9.17, 15) is 14.4 Å². The Morgan fingerprint density at radius 1 is 1.22 bits per heavy atom. The maximum atomic E-state index is 12.7. The van der Waals surface area contributed by atoms with E-state index in [2.05, 4.69) is 4.98 Å². The number of fused-ring (bicyclic) bond motifs is 1. The van der Waals surface area contributed by atoms with Gasteiger partial charge in [0, 0.05) is 23.9 Å². The van der Waals surface area contributed by atoms with Gasteiger partial charge in [0.05, 0.1) is 5.39 Å². The summed E-state index contributed by atoms with van der Waals surface area (Å²) in [5, 5.41) is 2.37. The third-order valence-corrected chi connectivity index (χ3v) is 4.50. The van der Waals surface area contributed by atoms with Gasteiger partial charge in [0.25, 0.3) is 5.56 Å². The summed E-state index contributed by atoms with van der Waals surface area (Å²) < 4.78 is 1.13. The zero-order valence-corrected chi connectivity index (χ0v) is 13.1. The van der Waals surface area contributed by atoms with Gasteiger partial charge in [-0.15, -0.1) is 11.3 Å². The molecule has 3 N–H and O–H groups in total. The molecule has 3 aromatic rings. The zero-order valence-electron chi connectivity index (χ0n) is 12.2. The number of thiophene rings is 1. The van der Waals surface area contributed by atoms with E-state index < -0.39 is 11.6 Å². The molecule has 0 atom stereocenters. The van der Waals surface area contributed by atoms with E-state index in [4.69, 9.17) is 5.73 Å². The Bertz CT molecular complexity index is 970. The summed E-state index contributed by atoms with van der Waals surface area (Å²) in [6.07, 6.45) is 0.494. The Morgan fingerprint density at radius 3 is 2.65 bits per heavy atom. The second-order valence-corrected chi connectivity index (χ2v) is 6.06. The highest BCUT2D eigenvalue weighted by molar-refractivity contribution is 7.17. The quantitative estimate of drug-likeness (QED) is 0.745. The van der Waals surface area contributed by atoms with Crippen LogP contribution in [0.4, 0.5) is 0 Å². The van der Waals surface area contributed by atoms with Crippen LogP contribution in [0.5, 0.6) is 0 Å². The molecule has 6 nitrogen and oxygen atoms in total. The summed E-state index contributed by atoms with van der Waals surface area (Å²) in [6, 6.07) is 9.54. The van der Waals surface area contributed by atoms with Crippen LogP contribution in [0.3, 0.4) is 0 Å². The lowest BCUT2D eigenvalue weighted by molar-refractivity contribution is -0.118. The fourth-order valence-electron chi connectivity index (χ4n) is 2.50. The molecule has 0 aliphatic heterocycles. The SMILES string of the molecule is NC(=O)CCCn1c(=O)[nH]c2scc(-c3ccccc3)c2c1=O. The molecule has 0 spiro atoms. The Kier molecular flexibility index (Phi) is 4.12. The molecule has 7 heteroatoms. The number of carbonyl (C=O) groups excluding carboxylic acids is 1. The highest BCUT2D eigenvalue weighted by Gasteiger charge is 2.14. The van der Waals surface area contributed by atoms with Crippen LogP contribution in [-0.2, 0) is 11.3 Å². The van der Waals surface area contributed by atoms with E-state index >= 15 is 0 Å². The Hall–Kier alpha value is -2.67. The van der Waals surface area contributed by atoms with E-state index in [1.54, 1.807) is 0 Å². The first-order valence-corrected chi connectivity index (χ1v) is 8.04.